The second-order valence-corrected chi connectivity index (χ2v) is 13.7. The van der Waals surface area contributed by atoms with Gasteiger partial charge in [0.05, 0.1) is 169 Å². The molecule has 0 unspecified atom stereocenters. The molecule has 0 aromatic heterocycles. The Bertz CT molecular complexity index is 919. The summed E-state index contributed by atoms with van der Waals surface area (Å²) in [6.07, 6.45) is 10.5. The predicted octanol–water partition coefficient (Wildman–Crippen LogP) is 5.15. The summed E-state index contributed by atoms with van der Waals surface area (Å²) in [5, 5.41) is 8.60. The van der Waals surface area contributed by atoms with E-state index in [-0.39, 0.29) is 6.61 Å². The minimum absolute atomic E-state index is 0.0242. The smallest absolute Gasteiger partial charge is 0.132 e. The number of benzene rings is 1. The molecule has 0 saturated carbocycles. The number of halogens is 1. The number of aryl methyl sites for hydroxylation is 1. The molecule has 0 radical (unpaired) electrons. The maximum atomic E-state index is 8.60. The number of aliphatic hydroxyl groups is 1. The molecule has 1 rings (SSSR count). The fraction of sp³-hybridized carbons (Fsp3) is 0.854. The first kappa shape index (κ1) is 53.2. The monoisotopic (exact) mass is 916 g/mol. The maximum Gasteiger partial charge on any atom is 0.132 e. The molecule has 0 aliphatic carbocycles. The Hall–Kier alpha value is -0.770. The van der Waals surface area contributed by atoms with Crippen molar-refractivity contribution in [2.45, 2.75) is 58.3 Å². The van der Waals surface area contributed by atoms with Gasteiger partial charge in [-0.3, -0.25) is 0 Å². The first-order valence-electron chi connectivity index (χ1n) is 20.7. The van der Waals surface area contributed by atoms with E-state index >= 15 is 0 Å². The minimum atomic E-state index is 0.0242. The second kappa shape index (κ2) is 45.3. The van der Waals surface area contributed by atoms with Gasteiger partial charge in [0.2, 0.25) is 0 Å². The van der Waals surface area contributed by atoms with Crippen LogP contribution in [0.2, 0.25) is 0 Å². The Morgan fingerprint density at radius 3 is 1.02 bits per heavy atom. The highest BCUT2D eigenvalue weighted by Crippen LogP contribution is 2.23. The van der Waals surface area contributed by atoms with Gasteiger partial charge in [0.1, 0.15) is 12.4 Å². The predicted molar refractivity (Wildman–Crippen MR) is 223 cm³/mol. The summed E-state index contributed by atoms with van der Waals surface area (Å²) in [5.41, 5.74) is 1.39. The Kier molecular flexibility index (Phi) is 43.1. The lowest BCUT2D eigenvalue weighted by atomic mass is 10.0. The van der Waals surface area contributed by atoms with E-state index < -0.39 is 0 Å². The lowest BCUT2D eigenvalue weighted by Crippen LogP contribution is -2.15. The van der Waals surface area contributed by atoms with Gasteiger partial charge in [-0.2, -0.15) is 0 Å². The van der Waals surface area contributed by atoms with E-state index in [4.69, 9.17) is 66.7 Å². The fourth-order valence-corrected chi connectivity index (χ4v) is 5.63. The summed E-state index contributed by atoms with van der Waals surface area (Å²) in [6.45, 7) is 14.8. The molecule has 15 heteroatoms. The molecule has 14 nitrogen and oxygen atoms in total. The van der Waals surface area contributed by atoms with Crippen molar-refractivity contribution in [1.29, 1.82) is 0 Å². The molecule has 0 amide bonds. The van der Waals surface area contributed by atoms with Gasteiger partial charge in [-0.05, 0) is 53.1 Å². The molecule has 0 aliphatic heterocycles. The van der Waals surface area contributed by atoms with Gasteiger partial charge in [-0.25, -0.2) is 0 Å². The Morgan fingerprint density at radius 1 is 0.393 bits per heavy atom. The van der Waals surface area contributed by atoms with Crippen molar-refractivity contribution in [3.8, 4) is 5.75 Å². The molecule has 56 heavy (non-hydrogen) atoms. The van der Waals surface area contributed by atoms with E-state index in [1.54, 1.807) is 0 Å². The molecule has 0 atom stereocenters. The van der Waals surface area contributed by atoms with Crippen LogP contribution in [-0.4, -0.2) is 177 Å². The number of aliphatic hydroxyl groups excluding tert-OH is 1. The van der Waals surface area contributed by atoms with Gasteiger partial charge >= 0.3 is 0 Å². The first-order chi connectivity index (χ1) is 27.8. The minimum Gasteiger partial charge on any atom is -0.490 e. The third kappa shape index (κ3) is 38.7. The molecule has 330 valence electrons. The molecule has 1 N–H and O–H groups in total. The van der Waals surface area contributed by atoms with Crippen LogP contribution in [0.5, 0.6) is 5.75 Å². The summed E-state index contributed by atoms with van der Waals surface area (Å²) in [7, 11) is 0. The molecular weight excluding hydrogens is 841 g/mol. The molecule has 0 aliphatic rings. The number of unbranched alkanes of at least 4 members (excludes halogenated alkanes) is 6. The largest absolute Gasteiger partial charge is 0.490 e. The zero-order valence-electron chi connectivity index (χ0n) is 34.4. The van der Waals surface area contributed by atoms with Crippen LogP contribution >= 0.6 is 22.6 Å². The maximum absolute atomic E-state index is 8.60. The zero-order valence-corrected chi connectivity index (χ0v) is 36.6. The number of hydrogen-bond donors (Lipinski definition) is 1. The van der Waals surface area contributed by atoms with Gasteiger partial charge in [0, 0.05) is 0 Å². The van der Waals surface area contributed by atoms with E-state index in [2.05, 4.69) is 47.7 Å². The van der Waals surface area contributed by atoms with Crippen LogP contribution in [0.25, 0.3) is 0 Å². The van der Waals surface area contributed by atoms with Gasteiger partial charge in [0.15, 0.2) is 0 Å². The summed E-state index contributed by atoms with van der Waals surface area (Å²) >= 11 is 2.36. The Labute approximate surface area is 351 Å². The van der Waals surface area contributed by atoms with Gasteiger partial charge in [-0.15, -0.1) is 0 Å². The van der Waals surface area contributed by atoms with Crippen molar-refractivity contribution in [1.82, 2.24) is 0 Å². The highest BCUT2D eigenvalue weighted by atomic mass is 125. The van der Waals surface area contributed by atoms with Crippen molar-refractivity contribution >= 4 is 22.6 Å². The molecule has 0 fully saturated rings. The topological polar surface area (TPSA) is 140 Å². The van der Waals surface area contributed by atoms with Gasteiger partial charge in [0.25, 0.3) is 0 Å². The van der Waals surface area contributed by atoms with Crippen molar-refractivity contribution < 1.29 is 66.7 Å². The van der Waals surface area contributed by atoms with Crippen molar-refractivity contribution in [2.24, 2.45) is 0 Å². The van der Waals surface area contributed by atoms with E-state index in [0.717, 1.165) is 15.7 Å². The third-order valence-electron chi connectivity index (χ3n) is 7.88. The molecule has 1 aromatic carbocycles. The van der Waals surface area contributed by atoms with E-state index in [1.807, 2.05) is 0 Å². The number of hydrogen-bond acceptors (Lipinski definition) is 14. The van der Waals surface area contributed by atoms with Crippen molar-refractivity contribution in [2.75, 3.05) is 172 Å². The normalized spacial score (nSPS) is 11.6. The van der Waals surface area contributed by atoms with E-state index in [0.29, 0.717) is 165 Å². The third-order valence-corrected chi connectivity index (χ3v) is 8.72. The highest BCUT2D eigenvalue weighted by molar-refractivity contribution is 14.1. The number of rotatable bonds is 47. The summed E-state index contributed by atoms with van der Waals surface area (Å²) in [5.74, 6) is 0.917. The van der Waals surface area contributed by atoms with Crippen LogP contribution in [0.15, 0.2) is 18.2 Å². The van der Waals surface area contributed by atoms with Gasteiger partial charge in [-0.1, -0.05) is 51.5 Å². The summed E-state index contributed by atoms with van der Waals surface area (Å²) < 4.78 is 72.6. The number of ether oxygens (including phenoxy) is 13. The SMILES string of the molecule is CCCCCCCCCc1ccc(OCCOCCOCCOCCOCCOCCOCCOCCOCCOCCOCCOCCOCCO)c([125I])c1. The van der Waals surface area contributed by atoms with Gasteiger partial charge < -0.3 is 66.7 Å². The van der Waals surface area contributed by atoms with Crippen LogP contribution in [0, 0.1) is 3.57 Å². The highest BCUT2D eigenvalue weighted by Gasteiger charge is 2.04. The molecule has 0 spiro atoms. The fourth-order valence-electron chi connectivity index (χ4n) is 4.90. The second-order valence-electron chi connectivity index (χ2n) is 12.6. The van der Waals surface area contributed by atoms with Crippen LogP contribution in [0.1, 0.15) is 57.4 Å². The molecule has 0 bridgehead atoms. The standard InChI is InChI=1S/C41H75IO14/c1-2-3-4-5-6-7-8-9-39-10-11-41(40(42)38-39)56-37-36-55-35-34-54-33-32-53-31-30-52-29-28-51-27-26-50-25-24-49-23-22-48-21-20-47-19-18-46-17-16-45-15-14-44-13-12-43/h10-11,38,43H,2-9,12-37H2,1H3/i42-2. The van der Waals surface area contributed by atoms with Crippen LogP contribution in [0.4, 0.5) is 0 Å². The molecule has 1 aromatic rings. The van der Waals surface area contributed by atoms with Crippen LogP contribution < -0.4 is 4.74 Å². The lowest BCUT2D eigenvalue weighted by Gasteiger charge is -2.11. The molecule has 0 heterocycles. The summed E-state index contributed by atoms with van der Waals surface area (Å²) in [6, 6.07) is 6.51. The zero-order chi connectivity index (χ0) is 40.1. The van der Waals surface area contributed by atoms with E-state index in [1.165, 1.54) is 50.5 Å². The Balaban J connectivity index is 1.70. The average Bonchev–Trinajstić information content (AvgIpc) is 3.20. The average molecular weight is 917 g/mol. The van der Waals surface area contributed by atoms with Crippen molar-refractivity contribution in [3.63, 3.8) is 0 Å². The van der Waals surface area contributed by atoms with Crippen LogP contribution in [0.3, 0.4) is 0 Å². The Morgan fingerprint density at radius 2 is 0.696 bits per heavy atom. The van der Waals surface area contributed by atoms with Crippen molar-refractivity contribution in [3.05, 3.63) is 27.3 Å². The first-order valence-corrected chi connectivity index (χ1v) is 21.8. The lowest BCUT2D eigenvalue weighted by molar-refractivity contribution is -0.0287. The quantitative estimate of drug-likeness (QED) is 0.0681. The molecule has 0 saturated heterocycles. The molecular formula is C41H75IO14. The summed E-state index contributed by atoms with van der Waals surface area (Å²) in [4.78, 5) is 0. The van der Waals surface area contributed by atoms with Crippen LogP contribution in [-0.2, 0) is 63.3 Å². The van der Waals surface area contributed by atoms with E-state index in [9.17, 15) is 0 Å².